The number of aryl methyl sites for hydroxylation is 2. The van der Waals surface area contributed by atoms with Gasteiger partial charge in [0, 0.05) is 31.6 Å². The summed E-state index contributed by atoms with van der Waals surface area (Å²) in [4.78, 5) is 0. The number of nitrogens with zero attached hydrogens (tertiary/aromatic N) is 2. The summed E-state index contributed by atoms with van der Waals surface area (Å²) in [5.74, 6) is 0.553. The molecule has 0 aromatic carbocycles. The summed E-state index contributed by atoms with van der Waals surface area (Å²) in [6, 6.07) is 0. The third-order valence-electron chi connectivity index (χ3n) is 2.44. The lowest BCUT2D eigenvalue weighted by molar-refractivity contribution is 0.146. The second-order valence-corrected chi connectivity index (χ2v) is 4.55. The fourth-order valence-electron chi connectivity index (χ4n) is 1.54. The van der Waals surface area contributed by atoms with Gasteiger partial charge in [0.25, 0.3) is 0 Å². The average molecular weight is 280 g/mol. The average Bonchev–Trinajstić information content (AvgIpc) is 2.54. The Bertz CT molecular complexity index is 342. The molecule has 0 amide bonds. The SMILES string of the molecule is Cc1nn(C)c(Cl)c1CNCCCOCCCl. The van der Waals surface area contributed by atoms with Crippen LogP contribution in [-0.2, 0) is 18.3 Å². The molecule has 1 heterocycles. The van der Waals surface area contributed by atoms with E-state index >= 15 is 0 Å². The van der Waals surface area contributed by atoms with Crippen molar-refractivity contribution in [1.82, 2.24) is 15.1 Å². The Morgan fingerprint density at radius 2 is 2.18 bits per heavy atom. The zero-order chi connectivity index (χ0) is 12.7. The first-order chi connectivity index (χ1) is 8.16. The Kier molecular flexibility index (Phi) is 6.89. The molecule has 0 saturated heterocycles. The Hall–Kier alpha value is -0.290. The van der Waals surface area contributed by atoms with Crippen LogP contribution < -0.4 is 5.32 Å². The van der Waals surface area contributed by atoms with E-state index in [9.17, 15) is 0 Å². The summed E-state index contributed by atoms with van der Waals surface area (Å²) in [7, 11) is 1.85. The van der Waals surface area contributed by atoms with Gasteiger partial charge in [-0.15, -0.1) is 11.6 Å². The molecule has 0 atom stereocenters. The predicted octanol–water partition coefficient (Wildman–Crippen LogP) is 2.12. The van der Waals surface area contributed by atoms with Gasteiger partial charge in [0.2, 0.25) is 0 Å². The zero-order valence-corrected chi connectivity index (χ0v) is 11.8. The molecule has 1 aromatic heterocycles. The van der Waals surface area contributed by atoms with Gasteiger partial charge in [-0.2, -0.15) is 5.10 Å². The van der Waals surface area contributed by atoms with Gasteiger partial charge in [-0.1, -0.05) is 11.6 Å². The number of rotatable bonds is 8. The van der Waals surface area contributed by atoms with Crippen molar-refractivity contribution in [2.45, 2.75) is 19.9 Å². The molecule has 0 radical (unpaired) electrons. The number of hydrogen-bond acceptors (Lipinski definition) is 3. The zero-order valence-electron chi connectivity index (χ0n) is 10.3. The molecule has 17 heavy (non-hydrogen) atoms. The highest BCUT2D eigenvalue weighted by molar-refractivity contribution is 6.30. The van der Waals surface area contributed by atoms with Gasteiger partial charge in [-0.05, 0) is 19.9 Å². The van der Waals surface area contributed by atoms with E-state index in [0.717, 1.165) is 37.4 Å². The normalized spacial score (nSPS) is 11.1. The molecular weight excluding hydrogens is 261 g/mol. The Labute approximate surface area is 112 Å². The van der Waals surface area contributed by atoms with Crippen molar-refractivity contribution in [1.29, 1.82) is 0 Å². The van der Waals surface area contributed by atoms with Gasteiger partial charge >= 0.3 is 0 Å². The predicted molar refractivity (Wildman–Crippen MR) is 70.8 cm³/mol. The standard InChI is InChI=1S/C11H19Cl2N3O/c1-9-10(11(13)16(2)15-9)8-14-5-3-6-17-7-4-12/h14H,3-8H2,1-2H3. The van der Waals surface area contributed by atoms with Crippen LogP contribution >= 0.6 is 23.2 Å². The molecule has 0 aliphatic heterocycles. The van der Waals surface area contributed by atoms with Crippen molar-refractivity contribution < 1.29 is 4.74 Å². The van der Waals surface area contributed by atoms with Crippen LogP contribution in [0.2, 0.25) is 5.15 Å². The van der Waals surface area contributed by atoms with Crippen LogP contribution in [0.1, 0.15) is 17.7 Å². The van der Waals surface area contributed by atoms with Gasteiger partial charge in [-0.3, -0.25) is 4.68 Å². The molecule has 0 aliphatic carbocycles. The van der Waals surface area contributed by atoms with Crippen LogP contribution in [0.4, 0.5) is 0 Å². The molecule has 0 unspecified atom stereocenters. The Balaban J connectivity index is 2.18. The van der Waals surface area contributed by atoms with Crippen molar-refractivity contribution in [3.63, 3.8) is 0 Å². The highest BCUT2D eigenvalue weighted by Gasteiger charge is 2.09. The molecule has 1 N–H and O–H groups in total. The fraction of sp³-hybridized carbons (Fsp3) is 0.727. The number of aromatic nitrogens is 2. The van der Waals surface area contributed by atoms with Gasteiger partial charge < -0.3 is 10.1 Å². The van der Waals surface area contributed by atoms with E-state index in [1.54, 1.807) is 4.68 Å². The van der Waals surface area contributed by atoms with Gasteiger partial charge in [-0.25, -0.2) is 0 Å². The highest BCUT2D eigenvalue weighted by Crippen LogP contribution is 2.17. The molecule has 0 spiro atoms. The quantitative estimate of drug-likeness (QED) is 0.585. The molecule has 0 bridgehead atoms. The number of hydrogen-bond donors (Lipinski definition) is 1. The molecule has 1 rings (SSSR count). The summed E-state index contributed by atoms with van der Waals surface area (Å²) in [6.07, 6.45) is 0.966. The van der Waals surface area contributed by atoms with Crippen LogP contribution in [0.3, 0.4) is 0 Å². The van der Waals surface area contributed by atoms with Crippen LogP contribution in [0.25, 0.3) is 0 Å². The Morgan fingerprint density at radius 1 is 1.41 bits per heavy atom. The smallest absolute Gasteiger partial charge is 0.131 e. The maximum atomic E-state index is 6.12. The molecular formula is C11H19Cl2N3O. The molecule has 1 aromatic rings. The van der Waals surface area contributed by atoms with Crippen molar-refractivity contribution in [2.75, 3.05) is 25.6 Å². The van der Waals surface area contributed by atoms with E-state index in [4.69, 9.17) is 27.9 Å². The largest absolute Gasteiger partial charge is 0.380 e. The van der Waals surface area contributed by atoms with Gasteiger partial charge in [0.05, 0.1) is 12.3 Å². The van der Waals surface area contributed by atoms with E-state index in [1.165, 1.54) is 0 Å². The third-order valence-corrected chi connectivity index (χ3v) is 3.06. The van der Waals surface area contributed by atoms with Crippen LogP contribution in [0.15, 0.2) is 0 Å². The number of alkyl halides is 1. The minimum absolute atomic E-state index is 0.553. The fourth-order valence-corrected chi connectivity index (χ4v) is 1.89. The van der Waals surface area contributed by atoms with E-state index in [-0.39, 0.29) is 0 Å². The maximum Gasteiger partial charge on any atom is 0.131 e. The highest BCUT2D eigenvalue weighted by atomic mass is 35.5. The first kappa shape index (κ1) is 14.8. The van der Waals surface area contributed by atoms with Gasteiger partial charge in [0.15, 0.2) is 0 Å². The topological polar surface area (TPSA) is 39.1 Å². The second-order valence-electron chi connectivity index (χ2n) is 3.81. The van der Waals surface area contributed by atoms with E-state index in [2.05, 4.69) is 10.4 Å². The summed E-state index contributed by atoms with van der Waals surface area (Å²) in [5.41, 5.74) is 2.04. The van der Waals surface area contributed by atoms with Crippen molar-refractivity contribution in [2.24, 2.45) is 7.05 Å². The maximum absolute atomic E-state index is 6.12. The number of nitrogens with one attached hydrogen (secondary N) is 1. The van der Waals surface area contributed by atoms with Crippen LogP contribution in [0, 0.1) is 6.92 Å². The molecule has 4 nitrogen and oxygen atoms in total. The summed E-state index contributed by atoms with van der Waals surface area (Å²) >= 11 is 11.6. The second kappa shape index (κ2) is 7.93. The van der Waals surface area contributed by atoms with E-state index < -0.39 is 0 Å². The van der Waals surface area contributed by atoms with E-state index in [1.807, 2.05) is 14.0 Å². The van der Waals surface area contributed by atoms with Crippen molar-refractivity contribution in [3.05, 3.63) is 16.4 Å². The van der Waals surface area contributed by atoms with Crippen LogP contribution in [-0.4, -0.2) is 35.4 Å². The lowest BCUT2D eigenvalue weighted by atomic mass is 10.2. The first-order valence-corrected chi connectivity index (χ1v) is 6.60. The summed E-state index contributed by atoms with van der Waals surface area (Å²) < 4.78 is 6.96. The molecule has 0 saturated carbocycles. The monoisotopic (exact) mass is 279 g/mol. The lowest BCUT2D eigenvalue weighted by Gasteiger charge is -2.05. The first-order valence-electron chi connectivity index (χ1n) is 5.69. The molecule has 6 heteroatoms. The third kappa shape index (κ3) is 4.84. The minimum Gasteiger partial charge on any atom is -0.380 e. The van der Waals surface area contributed by atoms with Crippen molar-refractivity contribution >= 4 is 23.2 Å². The van der Waals surface area contributed by atoms with E-state index in [0.29, 0.717) is 17.6 Å². The van der Waals surface area contributed by atoms with Crippen LogP contribution in [0.5, 0.6) is 0 Å². The molecule has 0 fully saturated rings. The number of ether oxygens (including phenoxy) is 1. The lowest BCUT2D eigenvalue weighted by Crippen LogP contribution is -2.17. The van der Waals surface area contributed by atoms with Crippen molar-refractivity contribution in [3.8, 4) is 0 Å². The molecule has 98 valence electrons. The Morgan fingerprint density at radius 3 is 2.76 bits per heavy atom. The van der Waals surface area contributed by atoms with Gasteiger partial charge in [0.1, 0.15) is 5.15 Å². The number of halogens is 2. The minimum atomic E-state index is 0.553. The summed E-state index contributed by atoms with van der Waals surface area (Å²) in [5, 5.41) is 8.28. The molecule has 0 aliphatic rings. The summed E-state index contributed by atoms with van der Waals surface area (Å²) in [6.45, 7) is 4.96.